The first-order valence-electron chi connectivity index (χ1n) is 8.40. The van der Waals surface area contributed by atoms with Crippen molar-refractivity contribution >= 4 is 60.7 Å². The molecule has 0 saturated heterocycles. The normalized spacial score (nSPS) is 10.3. The number of nitro groups is 1. The average molecular weight is 535 g/mol. The van der Waals surface area contributed by atoms with Crippen LogP contribution in [-0.2, 0) is 0 Å². The molecular formula is C20H13Br2N3O5. The topological polar surface area (TPSA) is 122 Å². The molecule has 3 N–H and O–H groups in total. The Morgan fingerprint density at radius 1 is 0.833 bits per heavy atom. The summed E-state index contributed by atoms with van der Waals surface area (Å²) in [6.07, 6.45) is 0. The molecule has 0 spiro atoms. The number of nitrogens with one attached hydrogen (secondary N) is 2. The number of carbonyl (C=O) groups excluding carboxylic acids is 2. The highest BCUT2D eigenvalue weighted by atomic mass is 79.9. The van der Waals surface area contributed by atoms with Gasteiger partial charge in [0, 0.05) is 34.6 Å². The lowest BCUT2D eigenvalue weighted by Crippen LogP contribution is -2.14. The summed E-state index contributed by atoms with van der Waals surface area (Å²) >= 11 is 6.40. The number of nitrogens with zero attached hydrogens (tertiary/aromatic N) is 1. The number of phenolic OH excluding ortho intramolecular Hbond substituents is 1. The van der Waals surface area contributed by atoms with E-state index in [1.165, 1.54) is 30.3 Å². The van der Waals surface area contributed by atoms with Crippen LogP contribution in [0.1, 0.15) is 20.7 Å². The average Bonchev–Trinajstić information content (AvgIpc) is 2.72. The molecule has 0 aliphatic heterocycles. The maximum Gasteiger partial charge on any atom is 0.269 e. The van der Waals surface area contributed by atoms with Crippen molar-refractivity contribution in [1.82, 2.24) is 0 Å². The van der Waals surface area contributed by atoms with Crippen LogP contribution in [-0.4, -0.2) is 21.8 Å². The quantitative estimate of drug-likeness (QED) is 0.232. The van der Waals surface area contributed by atoms with E-state index in [1.54, 1.807) is 30.3 Å². The first-order valence-corrected chi connectivity index (χ1v) is 9.98. The minimum Gasteiger partial charge on any atom is -0.506 e. The van der Waals surface area contributed by atoms with E-state index in [4.69, 9.17) is 0 Å². The van der Waals surface area contributed by atoms with E-state index in [0.29, 0.717) is 25.9 Å². The molecule has 0 aromatic heterocycles. The molecule has 0 aliphatic carbocycles. The molecular weight excluding hydrogens is 522 g/mol. The van der Waals surface area contributed by atoms with Gasteiger partial charge in [0.15, 0.2) is 0 Å². The molecule has 30 heavy (non-hydrogen) atoms. The van der Waals surface area contributed by atoms with E-state index in [9.17, 15) is 24.8 Å². The zero-order chi connectivity index (χ0) is 21.8. The Labute approximate surface area is 187 Å². The summed E-state index contributed by atoms with van der Waals surface area (Å²) in [6, 6.07) is 14.6. The number of non-ortho nitro benzene ring substituents is 1. The fourth-order valence-corrected chi connectivity index (χ4v) is 3.70. The van der Waals surface area contributed by atoms with Gasteiger partial charge in [-0.25, -0.2) is 0 Å². The van der Waals surface area contributed by atoms with Gasteiger partial charge >= 0.3 is 0 Å². The summed E-state index contributed by atoms with van der Waals surface area (Å²) in [4.78, 5) is 35.1. The molecule has 0 radical (unpaired) electrons. The van der Waals surface area contributed by atoms with E-state index in [1.807, 2.05) is 0 Å². The second kappa shape index (κ2) is 9.06. The number of halogens is 2. The summed E-state index contributed by atoms with van der Waals surface area (Å²) in [5.41, 5.74) is 1.28. The number of phenols is 1. The van der Waals surface area contributed by atoms with Crippen LogP contribution in [0.5, 0.6) is 5.75 Å². The van der Waals surface area contributed by atoms with Crippen LogP contribution in [0.15, 0.2) is 69.6 Å². The van der Waals surface area contributed by atoms with Crippen molar-refractivity contribution in [3.8, 4) is 5.75 Å². The van der Waals surface area contributed by atoms with Crippen LogP contribution in [0.2, 0.25) is 0 Å². The van der Waals surface area contributed by atoms with Gasteiger partial charge in [-0.05, 0) is 74.3 Å². The number of benzene rings is 3. The zero-order valence-electron chi connectivity index (χ0n) is 15.1. The highest BCUT2D eigenvalue weighted by Crippen LogP contribution is 2.35. The number of aromatic hydroxyl groups is 1. The highest BCUT2D eigenvalue weighted by Gasteiger charge is 2.13. The van der Waals surface area contributed by atoms with Gasteiger partial charge < -0.3 is 15.7 Å². The van der Waals surface area contributed by atoms with Gasteiger partial charge in [0.1, 0.15) is 5.75 Å². The molecule has 3 aromatic rings. The number of hydrogen-bond donors (Lipinski definition) is 3. The number of anilines is 2. The number of nitro benzene ring substituents is 1. The van der Waals surface area contributed by atoms with Crippen molar-refractivity contribution in [2.75, 3.05) is 10.6 Å². The largest absolute Gasteiger partial charge is 0.506 e. The van der Waals surface area contributed by atoms with Crippen molar-refractivity contribution in [2.45, 2.75) is 0 Å². The fourth-order valence-electron chi connectivity index (χ4n) is 2.52. The summed E-state index contributed by atoms with van der Waals surface area (Å²) in [5.74, 6) is -0.858. The Kier molecular flexibility index (Phi) is 6.48. The second-order valence-corrected chi connectivity index (χ2v) is 7.79. The van der Waals surface area contributed by atoms with Crippen molar-refractivity contribution in [2.24, 2.45) is 0 Å². The predicted molar refractivity (Wildman–Crippen MR) is 119 cm³/mol. The van der Waals surface area contributed by atoms with Gasteiger partial charge in [-0.2, -0.15) is 0 Å². The molecule has 0 bridgehead atoms. The second-order valence-electron chi connectivity index (χ2n) is 6.08. The van der Waals surface area contributed by atoms with E-state index in [2.05, 4.69) is 42.5 Å². The van der Waals surface area contributed by atoms with Crippen LogP contribution in [0.25, 0.3) is 0 Å². The fraction of sp³-hybridized carbons (Fsp3) is 0. The molecule has 3 rings (SSSR count). The van der Waals surface area contributed by atoms with Gasteiger partial charge in [0.05, 0.1) is 13.9 Å². The molecule has 2 amide bonds. The van der Waals surface area contributed by atoms with E-state index < -0.39 is 16.7 Å². The Hall–Kier alpha value is -3.24. The Morgan fingerprint density at radius 3 is 2.00 bits per heavy atom. The van der Waals surface area contributed by atoms with Crippen LogP contribution >= 0.6 is 31.9 Å². The first-order chi connectivity index (χ1) is 14.2. The number of amides is 2. The lowest BCUT2D eigenvalue weighted by Gasteiger charge is -2.10. The van der Waals surface area contributed by atoms with Crippen molar-refractivity contribution in [3.05, 3.63) is 90.9 Å². The van der Waals surface area contributed by atoms with Crippen LogP contribution < -0.4 is 10.6 Å². The SMILES string of the molecule is O=C(Nc1cccc(C(=O)Nc2cc(Br)c(O)c(Br)c2)c1)c1ccc([N+](=O)[O-])cc1. The third-order valence-electron chi connectivity index (χ3n) is 4.00. The van der Waals surface area contributed by atoms with Crippen LogP contribution in [0, 0.1) is 10.1 Å². The predicted octanol–water partition coefficient (Wildman–Crippen LogP) is 5.33. The third-order valence-corrected chi connectivity index (χ3v) is 5.21. The number of rotatable bonds is 5. The van der Waals surface area contributed by atoms with E-state index in [0.717, 1.165) is 0 Å². The monoisotopic (exact) mass is 533 g/mol. The molecule has 0 saturated carbocycles. The molecule has 0 atom stereocenters. The molecule has 3 aromatic carbocycles. The minimum absolute atomic E-state index is 0.0175. The Balaban J connectivity index is 1.73. The summed E-state index contributed by atoms with van der Waals surface area (Å²) in [7, 11) is 0. The summed E-state index contributed by atoms with van der Waals surface area (Å²) < 4.78 is 0.826. The van der Waals surface area contributed by atoms with Gasteiger partial charge in [0.2, 0.25) is 0 Å². The highest BCUT2D eigenvalue weighted by molar-refractivity contribution is 9.11. The summed E-state index contributed by atoms with van der Waals surface area (Å²) in [6.45, 7) is 0. The molecule has 0 fully saturated rings. The number of carbonyl (C=O) groups is 2. The van der Waals surface area contributed by atoms with Crippen molar-refractivity contribution in [1.29, 1.82) is 0 Å². The van der Waals surface area contributed by atoms with Crippen molar-refractivity contribution < 1.29 is 19.6 Å². The molecule has 0 aliphatic rings. The smallest absolute Gasteiger partial charge is 0.269 e. The maximum absolute atomic E-state index is 12.6. The van der Waals surface area contributed by atoms with Crippen molar-refractivity contribution in [3.63, 3.8) is 0 Å². The van der Waals surface area contributed by atoms with Crippen LogP contribution in [0.3, 0.4) is 0 Å². The molecule has 8 nitrogen and oxygen atoms in total. The lowest BCUT2D eigenvalue weighted by molar-refractivity contribution is -0.384. The lowest BCUT2D eigenvalue weighted by atomic mass is 10.1. The zero-order valence-corrected chi connectivity index (χ0v) is 18.2. The van der Waals surface area contributed by atoms with Gasteiger partial charge in [-0.3, -0.25) is 19.7 Å². The van der Waals surface area contributed by atoms with Gasteiger partial charge in [0.25, 0.3) is 17.5 Å². The van der Waals surface area contributed by atoms with E-state index >= 15 is 0 Å². The molecule has 10 heteroatoms. The molecule has 152 valence electrons. The molecule has 0 heterocycles. The standard InChI is InChI=1S/C20H13Br2N3O5/c21-16-9-14(10-17(22)18(16)26)24-20(28)12-2-1-3-13(8-12)23-19(27)11-4-6-15(7-5-11)25(29)30/h1-10,26H,(H,23,27)(H,24,28). The minimum atomic E-state index is -0.547. The van der Waals surface area contributed by atoms with E-state index in [-0.39, 0.29) is 17.0 Å². The maximum atomic E-state index is 12.6. The van der Waals surface area contributed by atoms with Gasteiger partial charge in [-0.15, -0.1) is 0 Å². The Bertz CT molecular complexity index is 1130. The molecule has 0 unspecified atom stereocenters. The third kappa shape index (κ3) is 5.02. The summed E-state index contributed by atoms with van der Waals surface area (Å²) in [5, 5.41) is 25.8. The van der Waals surface area contributed by atoms with Crippen LogP contribution in [0.4, 0.5) is 17.1 Å². The Morgan fingerprint density at radius 2 is 1.40 bits per heavy atom. The first kappa shape index (κ1) is 21.5. The number of hydrogen-bond acceptors (Lipinski definition) is 5. The van der Waals surface area contributed by atoms with Gasteiger partial charge in [-0.1, -0.05) is 6.07 Å².